The highest BCUT2D eigenvalue weighted by Crippen LogP contribution is 2.27. The third kappa shape index (κ3) is 6.07. The zero-order chi connectivity index (χ0) is 22.4. The molecule has 0 aliphatic carbocycles. The molecule has 1 atom stereocenters. The second-order valence-electron chi connectivity index (χ2n) is 8.72. The molecule has 166 valence electrons. The normalized spacial score (nSPS) is 15.1. The maximum absolute atomic E-state index is 13.1. The zero-order valence-electron chi connectivity index (χ0n) is 18.8. The number of nitrogens with one attached hydrogen (secondary N) is 2. The van der Waals surface area contributed by atoms with Gasteiger partial charge in [0.25, 0.3) is 0 Å². The van der Waals surface area contributed by atoms with Crippen LogP contribution in [0.4, 0.5) is 17.1 Å². The van der Waals surface area contributed by atoms with E-state index in [1.54, 1.807) is 0 Å². The van der Waals surface area contributed by atoms with Crippen LogP contribution in [0.15, 0.2) is 42.5 Å². The molecule has 6 nitrogen and oxygen atoms in total. The third-order valence-corrected chi connectivity index (χ3v) is 5.61. The molecular formula is C25H34N4O2. The second-order valence-corrected chi connectivity index (χ2v) is 8.72. The van der Waals surface area contributed by atoms with E-state index < -0.39 is 0 Å². The van der Waals surface area contributed by atoms with Gasteiger partial charge >= 0.3 is 0 Å². The summed E-state index contributed by atoms with van der Waals surface area (Å²) in [6, 6.07) is 13.2. The molecule has 1 fully saturated rings. The van der Waals surface area contributed by atoms with Gasteiger partial charge in [-0.2, -0.15) is 0 Å². The molecule has 0 unspecified atom stereocenters. The number of nitrogens with two attached hydrogens (primary N) is 1. The number of rotatable bonds is 8. The summed E-state index contributed by atoms with van der Waals surface area (Å²) in [5.74, 6) is 0.454. The molecule has 1 aliphatic heterocycles. The van der Waals surface area contributed by atoms with Crippen molar-refractivity contribution in [3.05, 3.63) is 53.6 Å². The van der Waals surface area contributed by atoms with Gasteiger partial charge in [-0.3, -0.25) is 9.59 Å². The lowest BCUT2D eigenvalue weighted by Crippen LogP contribution is -2.36. The molecule has 4 N–H and O–H groups in total. The third-order valence-electron chi connectivity index (χ3n) is 5.61. The van der Waals surface area contributed by atoms with E-state index in [1.165, 1.54) is 0 Å². The summed E-state index contributed by atoms with van der Waals surface area (Å²) in [5, 5.41) is 6.42. The lowest BCUT2D eigenvalue weighted by molar-refractivity contribution is -0.119. The SMILES string of the molecule is Cc1cc(NC(=O)[C@H](CC(C)C)Nc2cccc(CN)c2)ccc1N1CCCCC1=O. The second kappa shape index (κ2) is 10.4. The fourth-order valence-corrected chi connectivity index (χ4v) is 4.02. The molecule has 31 heavy (non-hydrogen) atoms. The maximum Gasteiger partial charge on any atom is 0.246 e. The van der Waals surface area contributed by atoms with Gasteiger partial charge in [-0.15, -0.1) is 0 Å². The van der Waals surface area contributed by atoms with E-state index in [9.17, 15) is 9.59 Å². The Bertz CT molecular complexity index is 925. The minimum absolute atomic E-state index is 0.0759. The highest BCUT2D eigenvalue weighted by molar-refractivity contribution is 5.98. The number of hydrogen-bond acceptors (Lipinski definition) is 4. The number of amides is 2. The topological polar surface area (TPSA) is 87.5 Å². The van der Waals surface area contributed by atoms with Crippen LogP contribution in [0.25, 0.3) is 0 Å². The van der Waals surface area contributed by atoms with Gasteiger partial charge in [-0.1, -0.05) is 26.0 Å². The van der Waals surface area contributed by atoms with Crippen LogP contribution >= 0.6 is 0 Å². The lowest BCUT2D eigenvalue weighted by Gasteiger charge is -2.28. The molecule has 0 aromatic heterocycles. The largest absolute Gasteiger partial charge is 0.374 e. The average Bonchev–Trinajstić information content (AvgIpc) is 2.74. The summed E-state index contributed by atoms with van der Waals surface area (Å²) in [6.07, 6.45) is 3.29. The molecular weight excluding hydrogens is 388 g/mol. The highest BCUT2D eigenvalue weighted by Gasteiger charge is 2.23. The van der Waals surface area contributed by atoms with E-state index in [1.807, 2.05) is 54.3 Å². The first-order chi connectivity index (χ1) is 14.9. The Kier molecular flexibility index (Phi) is 7.69. The number of carbonyl (C=O) groups excluding carboxylic acids is 2. The number of hydrogen-bond donors (Lipinski definition) is 3. The van der Waals surface area contributed by atoms with E-state index in [4.69, 9.17) is 5.73 Å². The molecule has 1 saturated heterocycles. The Morgan fingerprint density at radius 1 is 1.13 bits per heavy atom. The van der Waals surface area contributed by atoms with Crippen LogP contribution in [0.1, 0.15) is 50.7 Å². The van der Waals surface area contributed by atoms with Crippen molar-refractivity contribution in [2.75, 3.05) is 22.1 Å². The average molecular weight is 423 g/mol. The van der Waals surface area contributed by atoms with Crippen molar-refractivity contribution in [1.29, 1.82) is 0 Å². The van der Waals surface area contributed by atoms with Crippen LogP contribution in [0.3, 0.4) is 0 Å². The molecule has 1 heterocycles. The molecule has 1 aliphatic rings. The smallest absolute Gasteiger partial charge is 0.246 e. The number of piperidine rings is 1. The molecule has 3 rings (SSSR count). The van der Waals surface area contributed by atoms with Crippen LogP contribution in [-0.2, 0) is 16.1 Å². The summed E-state index contributed by atoms with van der Waals surface area (Å²) >= 11 is 0. The van der Waals surface area contributed by atoms with Gasteiger partial charge < -0.3 is 21.3 Å². The van der Waals surface area contributed by atoms with Gasteiger partial charge in [-0.05, 0) is 73.6 Å². The van der Waals surface area contributed by atoms with Gasteiger partial charge in [-0.25, -0.2) is 0 Å². The van der Waals surface area contributed by atoms with Crippen molar-refractivity contribution in [2.45, 2.75) is 59.0 Å². The van der Waals surface area contributed by atoms with Crippen LogP contribution in [0.2, 0.25) is 0 Å². The first-order valence-corrected chi connectivity index (χ1v) is 11.1. The Morgan fingerprint density at radius 3 is 2.61 bits per heavy atom. The summed E-state index contributed by atoms with van der Waals surface area (Å²) in [5.41, 5.74) is 10.3. The molecule has 2 aromatic carbocycles. The zero-order valence-corrected chi connectivity index (χ0v) is 18.8. The molecule has 2 aromatic rings. The molecule has 0 radical (unpaired) electrons. The fourth-order valence-electron chi connectivity index (χ4n) is 4.02. The number of nitrogens with zero attached hydrogens (tertiary/aromatic N) is 1. The minimum Gasteiger partial charge on any atom is -0.374 e. The molecule has 0 saturated carbocycles. The summed E-state index contributed by atoms with van der Waals surface area (Å²) in [4.78, 5) is 27.2. The van der Waals surface area contributed by atoms with Crippen molar-refractivity contribution in [1.82, 2.24) is 0 Å². The van der Waals surface area contributed by atoms with E-state index in [2.05, 4.69) is 24.5 Å². The van der Waals surface area contributed by atoms with Gasteiger partial charge in [0.1, 0.15) is 6.04 Å². The first-order valence-electron chi connectivity index (χ1n) is 11.1. The van der Waals surface area contributed by atoms with E-state index in [0.29, 0.717) is 25.3 Å². The summed E-state index contributed by atoms with van der Waals surface area (Å²) in [6.45, 7) is 7.41. The summed E-state index contributed by atoms with van der Waals surface area (Å²) < 4.78 is 0. The van der Waals surface area contributed by atoms with Crippen LogP contribution in [-0.4, -0.2) is 24.4 Å². The first kappa shape index (κ1) is 22.8. The van der Waals surface area contributed by atoms with E-state index in [0.717, 1.165) is 47.6 Å². The van der Waals surface area contributed by atoms with Crippen LogP contribution in [0, 0.1) is 12.8 Å². The number of anilines is 3. The van der Waals surface area contributed by atoms with Crippen LogP contribution in [0.5, 0.6) is 0 Å². The molecule has 0 spiro atoms. The van der Waals surface area contributed by atoms with E-state index in [-0.39, 0.29) is 17.9 Å². The van der Waals surface area contributed by atoms with Gasteiger partial charge in [0, 0.05) is 36.6 Å². The monoisotopic (exact) mass is 422 g/mol. The lowest BCUT2D eigenvalue weighted by atomic mass is 10.0. The minimum atomic E-state index is -0.364. The summed E-state index contributed by atoms with van der Waals surface area (Å²) in [7, 11) is 0. The maximum atomic E-state index is 13.1. The molecule has 6 heteroatoms. The van der Waals surface area contributed by atoms with E-state index >= 15 is 0 Å². The quantitative estimate of drug-likeness (QED) is 0.587. The Morgan fingerprint density at radius 2 is 1.94 bits per heavy atom. The Balaban J connectivity index is 1.73. The number of benzene rings is 2. The highest BCUT2D eigenvalue weighted by atomic mass is 16.2. The number of aryl methyl sites for hydroxylation is 1. The van der Waals surface area contributed by atoms with Crippen molar-refractivity contribution in [2.24, 2.45) is 11.7 Å². The van der Waals surface area contributed by atoms with Gasteiger partial charge in [0.2, 0.25) is 11.8 Å². The number of carbonyl (C=O) groups is 2. The predicted octanol–water partition coefficient (Wildman–Crippen LogP) is 4.44. The molecule has 2 amide bonds. The van der Waals surface area contributed by atoms with Crippen molar-refractivity contribution >= 4 is 28.9 Å². The van der Waals surface area contributed by atoms with Gasteiger partial charge in [0.05, 0.1) is 0 Å². The van der Waals surface area contributed by atoms with Gasteiger partial charge in [0.15, 0.2) is 0 Å². The molecule has 0 bridgehead atoms. The fraction of sp³-hybridized carbons (Fsp3) is 0.440. The van der Waals surface area contributed by atoms with Crippen molar-refractivity contribution in [3.8, 4) is 0 Å². The Hall–Kier alpha value is -2.86. The van der Waals surface area contributed by atoms with Crippen molar-refractivity contribution in [3.63, 3.8) is 0 Å². The predicted molar refractivity (Wildman–Crippen MR) is 127 cm³/mol. The van der Waals surface area contributed by atoms with Crippen LogP contribution < -0.4 is 21.3 Å². The van der Waals surface area contributed by atoms with Crippen molar-refractivity contribution < 1.29 is 9.59 Å². The Labute approximate surface area is 185 Å². The standard InChI is InChI=1S/C25H34N4O2/c1-17(2)13-22(27-20-8-6-7-19(15-20)16-26)25(31)28-21-10-11-23(18(3)14-21)29-12-5-4-9-24(29)30/h6-8,10-11,14-15,17,22,27H,4-5,9,12-13,16,26H2,1-3H3,(H,28,31)/t22-/m0/s1.